The third-order valence-electron chi connectivity index (χ3n) is 5.80. The summed E-state index contributed by atoms with van der Waals surface area (Å²) in [6.45, 7) is 1.93. The van der Waals surface area contributed by atoms with Crippen molar-refractivity contribution >= 4 is 22.1 Å². The molecule has 0 unspecified atom stereocenters. The first-order valence-corrected chi connectivity index (χ1v) is 10.7. The fourth-order valence-electron chi connectivity index (χ4n) is 4.27. The number of para-hydroxylation sites is 1. The smallest absolute Gasteiger partial charge is 0.161 e. The molecular formula is C25H21N7O. The Morgan fingerprint density at radius 2 is 1.82 bits per heavy atom. The summed E-state index contributed by atoms with van der Waals surface area (Å²) in [5.41, 5.74) is 9.47. The Balaban J connectivity index is 1.51. The zero-order valence-corrected chi connectivity index (χ0v) is 18.2. The molecule has 0 atom stereocenters. The van der Waals surface area contributed by atoms with E-state index in [1.807, 2.05) is 37.5 Å². The summed E-state index contributed by atoms with van der Waals surface area (Å²) in [5, 5.41) is 21.6. The van der Waals surface area contributed by atoms with Gasteiger partial charge >= 0.3 is 0 Å². The number of aryl methyl sites for hydroxylation is 2. The number of aliphatic hydroxyl groups excluding tert-OH is 1. The topological polar surface area (TPSA) is 108 Å². The van der Waals surface area contributed by atoms with Crippen molar-refractivity contribution in [3.63, 3.8) is 0 Å². The molecule has 162 valence electrons. The lowest BCUT2D eigenvalue weighted by atomic mass is 10.0. The van der Waals surface area contributed by atoms with Crippen molar-refractivity contribution in [1.82, 2.24) is 34.9 Å². The standard InChI is InChI=1S/C25H21N7O/c1-14-5-3-6-15(11-14)16-7-4-8-19-22(16)28-25(27-19)24-23-20(29-30-24)10-9-18(26-23)17-12-32(2)31-21(17)13-33/h3-12,33H,13H2,1-2H3,(H,27,28)(H,29,30). The molecular weight excluding hydrogens is 414 g/mol. The number of hydrogen-bond donors (Lipinski definition) is 3. The molecule has 4 heterocycles. The molecule has 0 radical (unpaired) electrons. The molecule has 3 N–H and O–H groups in total. The molecule has 6 rings (SSSR count). The largest absolute Gasteiger partial charge is 0.390 e. The quantitative estimate of drug-likeness (QED) is 0.381. The van der Waals surface area contributed by atoms with E-state index in [-0.39, 0.29) is 6.61 Å². The summed E-state index contributed by atoms with van der Waals surface area (Å²) >= 11 is 0. The van der Waals surface area contributed by atoms with Crippen LogP contribution in [0.1, 0.15) is 11.3 Å². The molecule has 8 nitrogen and oxygen atoms in total. The maximum absolute atomic E-state index is 9.68. The van der Waals surface area contributed by atoms with Crippen LogP contribution in [-0.4, -0.2) is 40.0 Å². The number of aromatic amines is 2. The van der Waals surface area contributed by atoms with Gasteiger partial charge in [0.1, 0.15) is 5.52 Å². The Hall–Kier alpha value is -4.30. The minimum Gasteiger partial charge on any atom is -0.390 e. The van der Waals surface area contributed by atoms with Crippen LogP contribution >= 0.6 is 0 Å². The first kappa shape index (κ1) is 19.4. The number of aromatic nitrogens is 7. The Morgan fingerprint density at radius 3 is 2.67 bits per heavy atom. The van der Waals surface area contributed by atoms with Gasteiger partial charge in [-0.25, -0.2) is 9.97 Å². The summed E-state index contributed by atoms with van der Waals surface area (Å²) in [5.74, 6) is 0.648. The zero-order valence-electron chi connectivity index (χ0n) is 18.2. The lowest BCUT2D eigenvalue weighted by Gasteiger charge is -2.03. The lowest BCUT2D eigenvalue weighted by Crippen LogP contribution is -1.92. The number of nitrogens with zero attached hydrogens (tertiary/aromatic N) is 5. The van der Waals surface area contributed by atoms with Crippen LogP contribution in [0.15, 0.2) is 60.8 Å². The molecule has 0 saturated heterocycles. The molecule has 0 aliphatic rings. The molecule has 0 fully saturated rings. The van der Waals surface area contributed by atoms with Crippen LogP contribution in [0.5, 0.6) is 0 Å². The van der Waals surface area contributed by atoms with Crippen molar-refractivity contribution in [1.29, 1.82) is 0 Å². The summed E-state index contributed by atoms with van der Waals surface area (Å²) < 4.78 is 1.68. The summed E-state index contributed by atoms with van der Waals surface area (Å²) in [7, 11) is 1.82. The van der Waals surface area contributed by atoms with Crippen molar-refractivity contribution < 1.29 is 5.11 Å². The molecule has 4 aromatic heterocycles. The van der Waals surface area contributed by atoms with Crippen LogP contribution in [0.3, 0.4) is 0 Å². The van der Waals surface area contributed by atoms with Gasteiger partial charge in [0, 0.05) is 24.4 Å². The summed E-state index contributed by atoms with van der Waals surface area (Å²) in [4.78, 5) is 13.2. The minimum atomic E-state index is -0.153. The highest BCUT2D eigenvalue weighted by molar-refractivity contribution is 5.96. The van der Waals surface area contributed by atoms with Crippen molar-refractivity contribution in [2.75, 3.05) is 0 Å². The van der Waals surface area contributed by atoms with Gasteiger partial charge in [0.2, 0.25) is 0 Å². The number of aliphatic hydroxyl groups is 1. The SMILES string of the molecule is Cc1cccc(-c2cccc3[nH]c(-c4n[nH]c5ccc(-c6cn(C)nc6CO)nc45)nc23)c1. The van der Waals surface area contributed by atoms with Gasteiger partial charge in [-0.3, -0.25) is 9.78 Å². The van der Waals surface area contributed by atoms with Crippen molar-refractivity contribution in [3.05, 3.63) is 72.1 Å². The van der Waals surface area contributed by atoms with E-state index in [1.54, 1.807) is 4.68 Å². The maximum atomic E-state index is 9.68. The third kappa shape index (κ3) is 3.19. The number of hydrogen-bond acceptors (Lipinski definition) is 5. The molecule has 0 bridgehead atoms. The Bertz CT molecular complexity index is 1640. The second-order valence-electron chi connectivity index (χ2n) is 8.14. The highest BCUT2D eigenvalue weighted by Gasteiger charge is 2.18. The molecule has 0 aliphatic carbocycles. The van der Waals surface area contributed by atoms with E-state index >= 15 is 0 Å². The van der Waals surface area contributed by atoms with Gasteiger partial charge < -0.3 is 10.1 Å². The molecule has 33 heavy (non-hydrogen) atoms. The van der Waals surface area contributed by atoms with E-state index in [0.717, 1.165) is 38.9 Å². The van der Waals surface area contributed by atoms with Crippen molar-refractivity contribution in [3.8, 4) is 33.9 Å². The fourth-order valence-corrected chi connectivity index (χ4v) is 4.27. The fraction of sp³-hybridized carbons (Fsp3) is 0.120. The average Bonchev–Trinajstić information content (AvgIpc) is 3.53. The van der Waals surface area contributed by atoms with E-state index in [9.17, 15) is 5.11 Å². The molecule has 0 amide bonds. The van der Waals surface area contributed by atoms with Gasteiger partial charge in [-0.1, -0.05) is 42.0 Å². The zero-order chi connectivity index (χ0) is 22.5. The van der Waals surface area contributed by atoms with Gasteiger partial charge in [0.25, 0.3) is 0 Å². The van der Waals surface area contributed by atoms with Crippen LogP contribution in [0.25, 0.3) is 56.0 Å². The van der Waals surface area contributed by atoms with E-state index < -0.39 is 0 Å². The van der Waals surface area contributed by atoms with E-state index in [4.69, 9.17) is 9.97 Å². The van der Waals surface area contributed by atoms with Crippen LogP contribution in [0.4, 0.5) is 0 Å². The van der Waals surface area contributed by atoms with Crippen LogP contribution in [0.2, 0.25) is 0 Å². The second-order valence-corrected chi connectivity index (χ2v) is 8.14. The number of pyridine rings is 1. The maximum Gasteiger partial charge on any atom is 0.161 e. The monoisotopic (exact) mass is 435 g/mol. The highest BCUT2D eigenvalue weighted by atomic mass is 16.3. The third-order valence-corrected chi connectivity index (χ3v) is 5.80. The first-order chi connectivity index (χ1) is 16.1. The number of nitrogens with one attached hydrogen (secondary N) is 2. The van der Waals surface area contributed by atoms with Crippen molar-refractivity contribution in [2.24, 2.45) is 7.05 Å². The van der Waals surface area contributed by atoms with E-state index in [0.29, 0.717) is 22.7 Å². The molecule has 0 spiro atoms. The number of H-pyrrole nitrogens is 2. The molecule has 0 aliphatic heterocycles. The van der Waals surface area contributed by atoms with Crippen molar-refractivity contribution in [2.45, 2.75) is 13.5 Å². The predicted molar refractivity (Wildman–Crippen MR) is 127 cm³/mol. The Labute approximate surface area is 189 Å². The number of benzene rings is 2. The van der Waals surface area contributed by atoms with E-state index in [1.165, 1.54) is 5.56 Å². The normalized spacial score (nSPS) is 11.6. The molecule has 6 aromatic rings. The van der Waals surface area contributed by atoms with Crippen LogP contribution in [-0.2, 0) is 13.7 Å². The minimum absolute atomic E-state index is 0.153. The molecule has 2 aromatic carbocycles. The number of imidazole rings is 1. The lowest BCUT2D eigenvalue weighted by molar-refractivity contribution is 0.276. The first-order valence-electron chi connectivity index (χ1n) is 10.7. The second kappa shape index (κ2) is 7.39. The summed E-state index contributed by atoms with van der Waals surface area (Å²) in [6.07, 6.45) is 1.86. The number of fused-ring (bicyclic) bond motifs is 2. The summed E-state index contributed by atoms with van der Waals surface area (Å²) in [6, 6.07) is 18.4. The van der Waals surface area contributed by atoms with Gasteiger partial charge in [0.15, 0.2) is 11.5 Å². The van der Waals surface area contributed by atoms with Crippen LogP contribution < -0.4 is 0 Å². The predicted octanol–water partition coefficient (Wildman–Crippen LogP) is 4.37. The Morgan fingerprint density at radius 1 is 0.939 bits per heavy atom. The Kier molecular flexibility index (Phi) is 4.34. The molecule has 0 saturated carbocycles. The molecule has 8 heteroatoms. The van der Waals surface area contributed by atoms with Crippen LogP contribution in [0, 0.1) is 6.92 Å². The van der Waals surface area contributed by atoms with E-state index in [2.05, 4.69) is 57.5 Å². The van der Waals surface area contributed by atoms with Gasteiger partial charge in [-0.05, 0) is 30.7 Å². The van der Waals surface area contributed by atoms with Gasteiger partial charge in [0.05, 0.1) is 34.5 Å². The van der Waals surface area contributed by atoms with Gasteiger partial charge in [-0.15, -0.1) is 0 Å². The highest BCUT2D eigenvalue weighted by Crippen LogP contribution is 2.32. The average molecular weight is 435 g/mol. The van der Waals surface area contributed by atoms with Gasteiger partial charge in [-0.2, -0.15) is 10.2 Å². The number of rotatable bonds is 4.